The molecule has 584 valence electrons. The number of aromatic nitrogens is 23. The zero-order chi connectivity index (χ0) is 82.0. The molecule has 20 aromatic rings. The van der Waals surface area contributed by atoms with E-state index in [0.29, 0.717) is 125 Å². The van der Waals surface area contributed by atoms with Crippen LogP contribution >= 0.6 is 0 Å². The Bertz CT molecular complexity index is 6390. The molecule has 43 heteroatoms. The van der Waals surface area contributed by atoms with Gasteiger partial charge in [0.2, 0.25) is 23.5 Å². The molecule has 0 atom stereocenters. The molecule has 0 fully saturated rings. The van der Waals surface area contributed by atoms with Crippen molar-refractivity contribution in [3.8, 4) is 46.5 Å². The van der Waals surface area contributed by atoms with Crippen LogP contribution in [0.3, 0.4) is 0 Å². The summed E-state index contributed by atoms with van der Waals surface area (Å²) >= 11 is 0. The van der Waals surface area contributed by atoms with Gasteiger partial charge in [-0.3, -0.25) is 49.3 Å². The van der Waals surface area contributed by atoms with Crippen molar-refractivity contribution in [3.63, 3.8) is 0 Å². The van der Waals surface area contributed by atoms with Crippen LogP contribution in [0.4, 0.5) is 68.8 Å². The molecule has 0 saturated carbocycles. The summed E-state index contributed by atoms with van der Waals surface area (Å²) in [5.74, 6) is 5.88. The van der Waals surface area contributed by atoms with E-state index < -0.39 is 19.7 Å². The molecule has 0 aliphatic heterocycles. The Balaban J connectivity index is 0.000000114. The molecule has 0 unspecified atom stereocenters. The Hall–Kier alpha value is -18.6. The van der Waals surface area contributed by atoms with E-state index in [0.717, 1.165) is 33.9 Å². The molecule has 43 nitrogen and oxygen atoms in total. The molecule has 8 aromatic carbocycles. The van der Waals surface area contributed by atoms with Gasteiger partial charge in [-0.1, -0.05) is 5.21 Å². The van der Waals surface area contributed by atoms with Crippen LogP contribution in [-0.2, 0) is 0 Å². The molecule has 0 spiro atoms. The quantitative estimate of drug-likeness (QED) is 0.0407. The third kappa shape index (κ3) is 17.1. The highest BCUT2D eigenvalue weighted by molar-refractivity contribution is 5.95. The number of rotatable bonds is 20. The van der Waals surface area contributed by atoms with Crippen LogP contribution in [0, 0.1) is 40.5 Å². The number of nitro groups is 4. The molecule has 20 rings (SSSR count). The van der Waals surface area contributed by atoms with Crippen LogP contribution in [0.25, 0.3) is 66.1 Å². The van der Waals surface area contributed by atoms with E-state index in [4.69, 9.17) is 18.9 Å². The van der Waals surface area contributed by atoms with Crippen molar-refractivity contribution < 1.29 is 38.6 Å². The van der Waals surface area contributed by atoms with Gasteiger partial charge >= 0.3 is 0 Å². The second-order valence-corrected chi connectivity index (χ2v) is 25.1. The van der Waals surface area contributed by atoms with Crippen LogP contribution in [0.5, 0.6) is 46.5 Å². The lowest BCUT2D eigenvalue weighted by Crippen LogP contribution is -1.97. The lowest BCUT2D eigenvalue weighted by atomic mass is 10.2. The number of hydrogen-bond acceptors (Lipinski definition) is 35. The summed E-state index contributed by atoms with van der Waals surface area (Å²) in [6, 6.07) is 53.3. The highest BCUT2D eigenvalue weighted by atomic mass is 16.6. The fourth-order valence-electron chi connectivity index (χ4n) is 11.7. The predicted molar refractivity (Wildman–Crippen MR) is 429 cm³/mol. The molecule has 120 heavy (non-hydrogen) atoms. The zero-order valence-electron chi connectivity index (χ0n) is 61.0. The van der Waals surface area contributed by atoms with Crippen LogP contribution in [0.1, 0.15) is 0 Å². The maximum atomic E-state index is 11.1. The Morgan fingerprint density at radius 2 is 0.667 bits per heavy atom. The molecule has 0 radical (unpaired) electrons. The Morgan fingerprint density at radius 3 is 1.07 bits per heavy atom. The number of imidazole rings is 1. The molecule has 0 amide bonds. The van der Waals surface area contributed by atoms with Gasteiger partial charge in [0.15, 0.2) is 11.3 Å². The van der Waals surface area contributed by atoms with E-state index in [2.05, 4.69) is 117 Å². The standard InChI is InChI=1S/C20H13N7O3.3C19H12N8O3/c28-27(29)14-3-6-17-16(9-14)20(23-11-22-17)25-13-1-4-15(5-2-13)30-19-10-18-21-7-8-26(18)12-24-19;28-27(29)13-3-6-17-16(7-13)19(21-10-20-17)24-12-1-4-15(5-2-12)30-18-8-14-9-23-25-26(14)11-22-18;28-27(29)13-3-6-16-15(7-13)19(22-9-20-16)25-12-1-4-14(5-2-12)30-18-8-17-21-10-24-26(17)11-23-18;28-27(29)13-3-6-16-15(7-13)19(21-9-20-16)24-12-1-4-14(5-2-12)30-18-8-17-25-23-11-26(17)10-22-18/h1-12H,(H,22,23,25);1-11H,(H,20,21,24);1-11H,(H,20,22,25);1-11H,(H,20,21,24). The molecule has 0 saturated heterocycles. The number of fused-ring (bicyclic) bond motifs is 8. The van der Waals surface area contributed by atoms with E-state index in [-0.39, 0.29) is 22.7 Å². The predicted octanol–water partition coefficient (Wildman–Crippen LogP) is 14.7. The average molecular weight is 1600 g/mol. The minimum absolute atomic E-state index is 0.0222. The summed E-state index contributed by atoms with van der Waals surface area (Å²) < 4.78 is 29.6. The second-order valence-electron chi connectivity index (χ2n) is 25.1. The topological polar surface area (TPSA) is 520 Å². The number of benzene rings is 8. The number of non-ortho nitro benzene ring substituents is 4. The first-order chi connectivity index (χ1) is 58.6. The van der Waals surface area contributed by atoms with Gasteiger partial charge in [0.25, 0.3) is 22.7 Å². The van der Waals surface area contributed by atoms with Gasteiger partial charge in [-0.05, 0) is 121 Å². The number of hydrogen-bond donors (Lipinski definition) is 4. The van der Waals surface area contributed by atoms with Gasteiger partial charge in [-0.2, -0.15) is 5.10 Å². The molecule has 12 aromatic heterocycles. The molecule has 0 bridgehead atoms. The number of nitrogens with one attached hydrogen (secondary N) is 4. The minimum Gasteiger partial charge on any atom is -0.439 e. The van der Waals surface area contributed by atoms with Crippen LogP contribution < -0.4 is 40.2 Å². The maximum absolute atomic E-state index is 11.1. The highest BCUT2D eigenvalue weighted by Crippen LogP contribution is 2.35. The Kier molecular flexibility index (Phi) is 20.4. The molecule has 4 N–H and O–H groups in total. The van der Waals surface area contributed by atoms with Gasteiger partial charge in [0, 0.05) is 129 Å². The Labute approximate surface area is 668 Å². The maximum Gasteiger partial charge on any atom is 0.270 e. The molecule has 12 heterocycles. The highest BCUT2D eigenvalue weighted by Gasteiger charge is 2.18. The minimum atomic E-state index is -0.451. The number of nitro benzene ring substituents is 4. The molecule has 0 aliphatic rings. The van der Waals surface area contributed by atoms with Gasteiger partial charge in [0.05, 0.1) is 53.5 Å². The zero-order valence-corrected chi connectivity index (χ0v) is 61.0. The van der Waals surface area contributed by atoms with Gasteiger partial charge in [-0.15, -0.1) is 15.3 Å². The van der Waals surface area contributed by atoms with Crippen molar-refractivity contribution in [2.24, 2.45) is 0 Å². The van der Waals surface area contributed by atoms with Crippen LogP contribution in [0.2, 0.25) is 0 Å². The van der Waals surface area contributed by atoms with Gasteiger partial charge in [0.1, 0.15) is 115 Å². The van der Waals surface area contributed by atoms with Crippen molar-refractivity contribution in [2.75, 3.05) is 21.3 Å². The second kappa shape index (κ2) is 33.0. The first-order valence-corrected chi connectivity index (χ1v) is 35.1. The van der Waals surface area contributed by atoms with E-state index in [1.807, 2.05) is 12.1 Å². The number of anilines is 8. The van der Waals surface area contributed by atoms with Crippen molar-refractivity contribution >= 4 is 135 Å². The SMILES string of the molecule is O=[N+]([O-])c1ccc2ncnc(Nc3ccc(Oc4cc5cnnn5cn4)cc3)c2c1.O=[N+]([O-])c1ccc2ncnc(Nc3ccc(Oc4cc5nccn5cn4)cc3)c2c1.O=[N+]([O-])c1ccc2ncnc(Nc3ccc(Oc4cc5ncnn5cn4)cc3)c2c1.O=[N+]([O-])c1ccc2ncnc(Nc3ccc(Oc4cc5nncn5cn4)cc3)c2c1. The fraction of sp³-hybridized carbons (Fsp3) is 0. The lowest BCUT2D eigenvalue weighted by molar-refractivity contribution is -0.384. The third-order valence-corrected chi connectivity index (χ3v) is 17.4. The molecule has 0 aliphatic carbocycles. The first kappa shape index (κ1) is 74.2. The van der Waals surface area contributed by atoms with Crippen molar-refractivity contribution in [1.82, 2.24) is 113 Å². The van der Waals surface area contributed by atoms with Crippen molar-refractivity contribution in [1.29, 1.82) is 0 Å². The van der Waals surface area contributed by atoms with E-state index in [1.54, 1.807) is 180 Å². The van der Waals surface area contributed by atoms with Crippen LogP contribution in [0.15, 0.2) is 276 Å². The monoisotopic (exact) mass is 1600 g/mol. The first-order valence-electron chi connectivity index (χ1n) is 35.1. The van der Waals surface area contributed by atoms with Crippen molar-refractivity contribution in [2.45, 2.75) is 0 Å². The largest absolute Gasteiger partial charge is 0.439 e. The van der Waals surface area contributed by atoms with Gasteiger partial charge < -0.3 is 40.2 Å². The summed E-state index contributed by atoms with van der Waals surface area (Å²) in [5, 5.41) is 78.6. The summed E-state index contributed by atoms with van der Waals surface area (Å²) in [6.07, 6.45) is 20.0. The van der Waals surface area contributed by atoms with Gasteiger partial charge in [-0.25, -0.2) is 78.8 Å². The van der Waals surface area contributed by atoms with E-state index in [9.17, 15) is 40.5 Å². The molecular formula is C77H49N31O12. The van der Waals surface area contributed by atoms with Crippen molar-refractivity contribution in [3.05, 3.63) is 316 Å². The lowest BCUT2D eigenvalue weighted by Gasteiger charge is -2.09. The normalized spacial score (nSPS) is 10.9. The fourth-order valence-corrected chi connectivity index (χ4v) is 11.7. The third-order valence-electron chi connectivity index (χ3n) is 17.4. The summed E-state index contributed by atoms with van der Waals surface area (Å²) in [4.78, 5) is 101. The average Bonchev–Trinajstić information content (AvgIpc) is 1.14. The summed E-state index contributed by atoms with van der Waals surface area (Å²) in [7, 11) is 0. The number of ether oxygens (including phenoxy) is 4. The van der Waals surface area contributed by atoms with E-state index >= 15 is 0 Å². The van der Waals surface area contributed by atoms with E-state index in [1.165, 1.54) is 102 Å². The smallest absolute Gasteiger partial charge is 0.270 e. The Morgan fingerprint density at radius 1 is 0.308 bits per heavy atom. The summed E-state index contributed by atoms with van der Waals surface area (Å²) in [5.41, 5.74) is 8.02. The summed E-state index contributed by atoms with van der Waals surface area (Å²) in [6.45, 7) is 0. The number of nitrogens with zero attached hydrogens (tertiary/aromatic N) is 27. The molecular weight excluding hydrogens is 1550 g/mol. The van der Waals surface area contributed by atoms with Crippen LogP contribution in [-0.4, -0.2) is 133 Å².